The van der Waals surface area contributed by atoms with Gasteiger partial charge < -0.3 is 9.84 Å². The number of aliphatic carboxylic acids is 1. The first-order chi connectivity index (χ1) is 7.99. The zero-order valence-electron chi connectivity index (χ0n) is 8.91. The third-order valence-electron chi connectivity index (χ3n) is 2.40. The van der Waals surface area contributed by atoms with Crippen LogP contribution >= 0.6 is 0 Å². The zero-order valence-corrected chi connectivity index (χ0v) is 8.91. The quantitative estimate of drug-likeness (QED) is 0.669. The van der Waals surface area contributed by atoms with Gasteiger partial charge in [0, 0.05) is 11.8 Å². The number of aromatic amines is 1. The number of nitrogens with zero attached hydrogens (tertiary/aromatic N) is 1. The van der Waals surface area contributed by atoms with E-state index in [4.69, 9.17) is 9.84 Å². The highest BCUT2D eigenvalue weighted by atomic mass is 16.5. The van der Waals surface area contributed by atoms with E-state index < -0.39 is 29.6 Å². The molecule has 0 amide bonds. The van der Waals surface area contributed by atoms with Gasteiger partial charge in [0.05, 0.1) is 0 Å². The largest absolute Gasteiger partial charge is 0.479 e. The lowest BCUT2D eigenvalue weighted by molar-refractivity contribution is -0.149. The summed E-state index contributed by atoms with van der Waals surface area (Å²) in [6.45, 7) is 1.54. The summed E-state index contributed by atoms with van der Waals surface area (Å²) in [5.74, 6) is -1.13. The molecule has 1 aromatic rings. The lowest BCUT2D eigenvalue weighted by Gasteiger charge is -2.14. The number of hydrogen-bond acceptors (Lipinski definition) is 4. The Morgan fingerprint density at radius 3 is 2.76 bits per heavy atom. The second-order valence-electron chi connectivity index (χ2n) is 3.65. The third kappa shape index (κ3) is 2.04. The number of H-pyrrole nitrogens is 1. The number of aryl methyl sites for hydroxylation is 1. The molecular weight excluding hydrogens is 228 g/mol. The zero-order chi connectivity index (χ0) is 12.6. The minimum Gasteiger partial charge on any atom is -0.479 e. The Bertz CT molecular complexity index is 597. The van der Waals surface area contributed by atoms with E-state index in [1.54, 1.807) is 6.92 Å². The summed E-state index contributed by atoms with van der Waals surface area (Å²) in [6, 6.07) is 0. The Morgan fingerprint density at radius 2 is 2.18 bits per heavy atom. The number of carbonyl (C=O) groups is 1. The van der Waals surface area contributed by atoms with E-state index in [9.17, 15) is 14.4 Å². The van der Waals surface area contributed by atoms with E-state index in [1.807, 2.05) is 0 Å². The van der Waals surface area contributed by atoms with Gasteiger partial charge in [-0.3, -0.25) is 14.3 Å². The van der Waals surface area contributed by atoms with Crippen LogP contribution in [0.2, 0.25) is 0 Å². The van der Waals surface area contributed by atoms with Crippen molar-refractivity contribution in [3.63, 3.8) is 0 Å². The molecule has 0 fully saturated rings. The van der Waals surface area contributed by atoms with Crippen LogP contribution < -0.4 is 11.2 Å². The Hall–Kier alpha value is -2.15. The maximum atomic E-state index is 11.5. The molecule has 2 rings (SSSR count). The fraction of sp³-hybridized carbons (Fsp3) is 0.300. The Balaban J connectivity index is 2.35. The molecule has 0 aliphatic carbocycles. The second-order valence-corrected chi connectivity index (χ2v) is 3.65. The lowest BCUT2D eigenvalue weighted by Crippen LogP contribution is -2.34. The fourth-order valence-corrected chi connectivity index (χ4v) is 1.51. The van der Waals surface area contributed by atoms with Gasteiger partial charge >= 0.3 is 11.7 Å². The molecule has 0 saturated carbocycles. The summed E-state index contributed by atoms with van der Waals surface area (Å²) in [5.41, 5.74) is -0.760. The van der Waals surface area contributed by atoms with Gasteiger partial charge in [-0.15, -0.1) is 0 Å². The SMILES string of the molecule is Cc1cn(C2C=CC(C(=O)O)O2)c(=O)[nH]c1=O. The van der Waals surface area contributed by atoms with Crippen molar-refractivity contribution in [1.82, 2.24) is 9.55 Å². The number of hydrogen-bond donors (Lipinski definition) is 2. The predicted octanol–water partition coefficient (Wildman–Crippen LogP) is -0.617. The first kappa shape index (κ1) is 11.3. The van der Waals surface area contributed by atoms with E-state index in [1.165, 1.54) is 18.3 Å². The molecule has 7 nitrogen and oxygen atoms in total. The average Bonchev–Trinajstić information content (AvgIpc) is 2.72. The van der Waals surface area contributed by atoms with Gasteiger partial charge in [-0.25, -0.2) is 9.59 Å². The van der Waals surface area contributed by atoms with Crippen molar-refractivity contribution in [3.8, 4) is 0 Å². The second kappa shape index (κ2) is 4.02. The molecular formula is C10H10N2O5. The molecule has 1 aliphatic heterocycles. The molecule has 2 N–H and O–H groups in total. The molecule has 0 radical (unpaired) electrons. The lowest BCUT2D eigenvalue weighted by atomic mass is 10.3. The molecule has 0 saturated heterocycles. The predicted molar refractivity (Wildman–Crippen MR) is 56.7 cm³/mol. The summed E-state index contributed by atoms with van der Waals surface area (Å²) in [7, 11) is 0. The van der Waals surface area contributed by atoms with E-state index in [-0.39, 0.29) is 0 Å². The number of carboxylic acid groups (broad SMARTS) is 1. The van der Waals surface area contributed by atoms with Gasteiger partial charge in [-0.05, 0) is 19.1 Å². The first-order valence-electron chi connectivity index (χ1n) is 4.87. The molecule has 0 spiro atoms. The van der Waals surface area contributed by atoms with Crippen molar-refractivity contribution in [1.29, 1.82) is 0 Å². The highest BCUT2D eigenvalue weighted by Gasteiger charge is 2.26. The van der Waals surface area contributed by atoms with Gasteiger partial charge in [0.2, 0.25) is 0 Å². The van der Waals surface area contributed by atoms with Crippen molar-refractivity contribution >= 4 is 5.97 Å². The van der Waals surface area contributed by atoms with Crippen LogP contribution in [0.15, 0.2) is 27.9 Å². The molecule has 1 aromatic heterocycles. The average molecular weight is 238 g/mol. The topological polar surface area (TPSA) is 101 Å². The van der Waals surface area contributed by atoms with Crippen LogP contribution in [-0.2, 0) is 9.53 Å². The number of nitrogens with one attached hydrogen (secondary N) is 1. The third-order valence-corrected chi connectivity index (χ3v) is 2.40. The Kier molecular flexibility index (Phi) is 2.68. The molecule has 2 heterocycles. The van der Waals surface area contributed by atoms with Gasteiger partial charge in [0.25, 0.3) is 5.56 Å². The Labute approximate surface area is 95.0 Å². The maximum absolute atomic E-state index is 11.5. The summed E-state index contributed by atoms with van der Waals surface area (Å²) in [6.07, 6.45) is 2.26. The van der Waals surface area contributed by atoms with Gasteiger partial charge in [-0.2, -0.15) is 0 Å². The van der Waals surface area contributed by atoms with Crippen molar-refractivity contribution in [2.24, 2.45) is 0 Å². The van der Waals surface area contributed by atoms with Crippen molar-refractivity contribution in [2.45, 2.75) is 19.3 Å². The van der Waals surface area contributed by atoms with Gasteiger partial charge in [-0.1, -0.05) is 0 Å². The van der Waals surface area contributed by atoms with Crippen LogP contribution in [0.25, 0.3) is 0 Å². The van der Waals surface area contributed by atoms with Crippen LogP contribution in [0, 0.1) is 6.92 Å². The van der Waals surface area contributed by atoms with E-state index in [2.05, 4.69) is 4.98 Å². The molecule has 1 aliphatic rings. The highest BCUT2D eigenvalue weighted by molar-refractivity contribution is 5.75. The van der Waals surface area contributed by atoms with Crippen LogP contribution in [0.3, 0.4) is 0 Å². The molecule has 2 unspecified atom stereocenters. The standard InChI is InChI=1S/C10H10N2O5/c1-5-4-12(10(16)11-8(5)13)7-3-2-6(17-7)9(14)15/h2-4,6-7H,1H3,(H,14,15)(H,11,13,16). The first-order valence-corrected chi connectivity index (χ1v) is 4.87. The van der Waals surface area contributed by atoms with Crippen LogP contribution in [0.4, 0.5) is 0 Å². The summed E-state index contributed by atoms with van der Waals surface area (Å²) < 4.78 is 6.25. The molecule has 7 heteroatoms. The van der Waals surface area contributed by atoms with Crippen LogP contribution in [0.1, 0.15) is 11.8 Å². The Morgan fingerprint density at radius 1 is 1.47 bits per heavy atom. The smallest absolute Gasteiger partial charge is 0.336 e. The minimum absolute atomic E-state index is 0.348. The fourth-order valence-electron chi connectivity index (χ4n) is 1.51. The van der Waals surface area contributed by atoms with Crippen LogP contribution in [0.5, 0.6) is 0 Å². The number of ether oxygens (including phenoxy) is 1. The number of rotatable bonds is 2. The normalized spacial score (nSPS) is 22.9. The summed E-state index contributed by atoms with van der Waals surface area (Å²) in [4.78, 5) is 35.4. The maximum Gasteiger partial charge on any atom is 0.336 e. The van der Waals surface area contributed by atoms with E-state index >= 15 is 0 Å². The van der Waals surface area contributed by atoms with Gasteiger partial charge in [0.15, 0.2) is 12.3 Å². The van der Waals surface area contributed by atoms with Crippen molar-refractivity contribution < 1.29 is 14.6 Å². The van der Waals surface area contributed by atoms with E-state index in [0.717, 1.165) is 4.57 Å². The van der Waals surface area contributed by atoms with Crippen molar-refractivity contribution in [2.75, 3.05) is 0 Å². The molecule has 0 aromatic carbocycles. The van der Waals surface area contributed by atoms with E-state index in [0.29, 0.717) is 5.56 Å². The molecule has 17 heavy (non-hydrogen) atoms. The minimum atomic E-state index is -1.13. The summed E-state index contributed by atoms with van der Waals surface area (Å²) >= 11 is 0. The monoisotopic (exact) mass is 238 g/mol. The highest BCUT2D eigenvalue weighted by Crippen LogP contribution is 2.19. The molecule has 0 bridgehead atoms. The molecule has 90 valence electrons. The number of aromatic nitrogens is 2. The van der Waals surface area contributed by atoms with Crippen molar-refractivity contribution in [3.05, 3.63) is 44.8 Å². The van der Waals surface area contributed by atoms with Crippen LogP contribution in [-0.4, -0.2) is 26.7 Å². The summed E-state index contributed by atoms with van der Waals surface area (Å²) in [5, 5.41) is 8.72. The number of carboxylic acids is 1. The molecule has 2 atom stereocenters. The van der Waals surface area contributed by atoms with Gasteiger partial charge in [0.1, 0.15) is 0 Å².